The van der Waals surface area contributed by atoms with Crippen LogP contribution in [0.3, 0.4) is 0 Å². The number of carbonyl (C=O) groups is 6. The molecule has 5 aromatic rings. The van der Waals surface area contributed by atoms with Crippen molar-refractivity contribution < 1.29 is 47.7 Å². The summed E-state index contributed by atoms with van der Waals surface area (Å²) in [6.07, 6.45) is 7.07. The van der Waals surface area contributed by atoms with Crippen molar-refractivity contribution in [2.24, 2.45) is 11.8 Å². The summed E-state index contributed by atoms with van der Waals surface area (Å²) >= 11 is 0. The van der Waals surface area contributed by atoms with E-state index in [1.165, 1.54) is 24.0 Å². The van der Waals surface area contributed by atoms with E-state index in [0.717, 1.165) is 32.9 Å². The lowest BCUT2D eigenvalue weighted by molar-refractivity contribution is -0.134. The Labute approximate surface area is 429 Å². The molecule has 0 radical (unpaired) electrons. The number of hydrogen-bond donors (Lipinski definition) is 2. The quantitative estimate of drug-likeness (QED) is 0.0546. The summed E-state index contributed by atoms with van der Waals surface area (Å²) in [4.78, 5) is 94.6. The molecule has 9 rings (SSSR count). The first-order valence-corrected chi connectivity index (χ1v) is 24.8. The highest BCUT2D eigenvalue weighted by molar-refractivity contribution is 6.18. The van der Waals surface area contributed by atoms with Gasteiger partial charge >= 0.3 is 24.1 Å². The molecular weight excluding hydrogens is 941 g/mol. The van der Waals surface area contributed by atoms with Crippen LogP contribution < -0.4 is 0 Å². The van der Waals surface area contributed by atoms with Gasteiger partial charge in [-0.05, 0) is 70.2 Å². The van der Waals surface area contributed by atoms with Crippen molar-refractivity contribution in [2.45, 2.75) is 52.6 Å². The van der Waals surface area contributed by atoms with E-state index < -0.39 is 48.0 Å². The van der Waals surface area contributed by atoms with E-state index in [9.17, 15) is 28.8 Å². The van der Waals surface area contributed by atoms with Crippen LogP contribution in [0.25, 0.3) is 44.1 Å². The normalized spacial score (nSPS) is 17.8. The third-order valence-corrected chi connectivity index (χ3v) is 14.4. The standard InChI is InChI=1S/C58H60N6O10/c1-33(2)49-31-73-57(69)63(49)53(65)45-29-61(27-23-43-41-13-9-11-15-47(41)59-51(43)35(5)55(67)71-7)25-21-39(45)37-17-19-38(20-18-37)40-22-26-62(30-46(40)54(66)64-50(34(3)4)32-74-58(64)70)28-24-44-42-14-10-12-16-48(42)60-52(44)36(6)56(68)72-8/h9-22,29-30,33-34,49-50,59-60H,5-6,23-28,31-32H2,1-4,7-8H3/t49-,50-/m1/s1. The van der Waals surface area contributed by atoms with Crippen molar-refractivity contribution in [3.05, 3.63) is 155 Å². The number of imide groups is 2. The van der Waals surface area contributed by atoms with Crippen LogP contribution in [-0.2, 0) is 51.0 Å². The number of cyclic esters (lactones) is 2. The maximum Gasteiger partial charge on any atom is 0.417 e. The molecule has 0 spiro atoms. The number of para-hydroxylation sites is 2. The second kappa shape index (κ2) is 21.0. The maximum atomic E-state index is 14.8. The minimum Gasteiger partial charge on any atom is -0.465 e. The van der Waals surface area contributed by atoms with E-state index in [0.29, 0.717) is 83.8 Å². The van der Waals surface area contributed by atoms with Gasteiger partial charge in [-0.15, -0.1) is 0 Å². The number of aromatic nitrogens is 2. The van der Waals surface area contributed by atoms with E-state index in [-0.39, 0.29) is 36.2 Å². The number of rotatable bonds is 16. The second-order valence-electron chi connectivity index (χ2n) is 19.5. The fourth-order valence-corrected chi connectivity index (χ4v) is 10.3. The number of hydrogen-bond acceptors (Lipinski definition) is 12. The van der Waals surface area contributed by atoms with Crippen LogP contribution >= 0.6 is 0 Å². The van der Waals surface area contributed by atoms with E-state index in [1.807, 2.05) is 122 Å². The van der Waals surface area contributed by atoms with Gasteiger partial charge in [-0.1, -0.05) is 114 Å². The van der Waals surface area contributed by atoms with Crippen LogP contribution in [-0.4, -0.2) is 131 Å². The summed E-state index contributed by atoms with van der Waals surface area (Å²) in [7, 11) is 2.63. The third-order valence-electron chi connectivity index (χ3n) is 14.4. The number of esters is 2. The summed E-state index contributed by atoms with van der Waals surface area (Å²) in [5.41, 5.74) is 8.26. The van der Waals surface area contributed by atoms with Gasteiger partial charge in [0.2, 0.25) is 0 Å². The van der Waals surface area contributed by atoms with Crippen molar-refractivity contribution in [1.29, 1.82) is 0 Å². The Hall–Kier alpha value is -8.40. The summed E-state index contributed by atoms with van der Waals surface area (Å²) < 4.78 is 20.9. The maximum absolute atomic E-state index is 14.8. The van der Waals surface area contributed by atoms with Gasteiger partial charge in [0.15, 0.2) is 0 Å². The number of aromatic amines is 2. The SMILES string of the molecule is C=C(C(=O)OC)c1[nH]c2ccccc2c1CCN1C=C(C(=O)N2C(=O)OC[C@@H]2C(C)C)C(c2ccc(C3=CCN(CCc4c(C(=C)C(=O)OC)[nH]c5ccccc45)C=C3C(=O)N3C(=O)OC[C@@H]3C(C)C)cc2)=CC1. The van der Waals surface area contributed by atoms with Gasteiger partial charge in [0, 0.05) is 60.4 Å². The van der Waals surface area contributed by atoms with Gasteiger partial charge in [-0.25, -0.2) is 29.0 Å². The van der Waals surface area contributed by atoms with Crippen LogP contribution in [0.4, 0.5) is 9.59 Å². The topological polar surface area (TPSA) is 184 Å². The highest BCUT2D eigenvalue weighted by Crippen LogP contribution is 2.37. The van der Waals surface area contributed by atoms with Crippen LogP contribution in [0.15, 0.2) is 122 Å². The Balaban J connectivity index is 1.02. The number of H-pyrrole nitrogens is 2. The lowest BCUT2D eigenvalue weighted by atomic mass is 9.90. The summed E-state index contributed by atoms with van der Waals surface area (Å²) in [6.45, 7) is 17.7. The zero-order valence-corrected chi connectivity index (χ0v) is 42.5. The fraction of sp³-hybridized carbons (Fsp3) is 0.310. The first kappa shape index (κ1) is 50.5. The molecule has 16 nitrogen and oxygen atoms in total. The summed E-state index contributed by atoms with van der Waals surface area (Å²) in [5.74, 6) is -2.21. The molecule has 16 heteroatoms. The average Bonchev–Trinajstić information content (AvgIpc) is 4.21. The van der Waals surface area contributed by atoms with E-state index in [4.69, 9.17) is 18.9 Å². The average molecular weight is 1000 g/mol. The Kier molecular flexibility index (Phi) is 14.3. The largest absolute Gasteiger partial charge is 0.465 e. The monoisotopic (exact) mass is 1000 g/mol. The highest BCUT2D eigenvalue weighted by Gasteiger charge is 2.43. The molecule has 0 aliphatic carbocycles. The molecule has 2 aromatic heterocycles. The number of amides is 4. The Morgan fingerprint density at radius 1 is 0.608 bits per heavy atom. The molecule has 4 amide bonds. The molecule has 2 N–H and O–H groups in total. The second-order valence-corrected chi connectivity index (χ2v) is 19.5. The van der Waals surface area contributed by atoms with Crippen LogP contribution in [0.2, 0.25) is 0 Å². The molecule has 3 aromatic carbocycles. The predicted octanol–water partition coefficient (Wildman–Crippen LogP) is 8.68. The third kappa shape index (κ3) is 9.54. The van der Waals surface area contributed by atoms with Gasteiger partial charge in [-0.3, -0.25) is 9.59 Å². The molecular formula is C58H60N6O10. The molecule has 4 aliphatic heterocycles. The first-order chi connectivity index (χ1) is 35.6. The number of ether oxygens (including phenoxy) is 4. The highest BCUT2D eigenvalue weighted by atomic mass is 16.6. The van der Waals surface area contributed by atoms with Gasteiger partial charge in [0.1, 0.15) is 13.2 Å². The fourth-order valence-electron chi connectivity index (χ4n) is 10.3. The summed E-state index contributed by atoms with van der Waals surface area (Å²) in [6, 6.07) is 22.1. The lowest BCUT2D eigenvalue weighted by Crippen LogP contribution is -2.43. The Morgan fingerprint density at radius 3 is 1.35 bits per heavy atom. The van der Waals surface area contributed by atoms with Crippen molar-refractivity contribution in [3.8, 4) is 0 Å². The molecule has 0 bridgehead atoms. The molecule has 2 saturated heterocycles. The zero-order valence-electron chi connectivity index (χ0n) is 42.5. The number of nitrogens with one attached hydrogen (secondary N) is 2. The van der Waals surface area contributed by atoms with Crippen molar-refractivity contribution in [1.82, 2.24) is 29.6 Å². The molecule has 74 heavy (non-hydrogen) atoms. The minimum absolute atomic E-state index is 0.0685. The summed E-state index contributed by atoms with van der Waals surface area (Å²) in [5, 5.41) is 1.87. The van der Waals surface area contributed by atoms with Crippen molar-refractivity contribution in [3.63, 3.8) is 0 Å². The van der Waals surface area contributed by atoms with Crippen molar-refractivity contribution >= 4 is 80.0 Å². The molecule has 0 saturated carbocycles. The predicted molar refractivity (Wildman–Crippen MR) is 281 cm³/mol. The molecule has 0 unspecified atom stereocenters. The minimum atomic E-state index is -0.705. The molecule has 4 aliphatic rings. The lowest BCUT2D eigenvalue weighted by Gasteiger charge is -2.30. The van der Waals surface area contributed by atoms with Crippen LogP contribution in [0.1, 0.15) is 61.3 Å². The number of benzene rings is 3. The number of fused-ring (bicyclic) bond motifs is 2. The van der Waals surface area contributed by atoms with Gasteiger partial charge < -0.3 is 38.7 Å². The van der Waals surface area contributed by atoms with E-state index >= 15 is 0 Å². The van der Waals surface area contributed by atoms with Crippen LogP contribution in [0, 0.1) is 11.8 Å². The Bertz CT molecular complexity index is 3040. The molecule has 2 fully saturated rings. The zero-order chi connectivity index (χ0) is 52.5. The smallest absolute Gasteiger partial charge is 0.417 e. The number of carbonyl (C=O) groups excluding carboxylic acids is 6. The molecule has 2 atom stereocenters. The Morgan fingerprint density at radius 2 is 0.986 bits per heavy atom. The molecule has 382 valence electrons. The molecule has 6 heterocycles. The van der Waals surface area contributed by atoms with Crippen molar-refractivity contribution in [2.75, 3.05) is 53.6 Å². The van der Waals surface area contributed by atoms with Gasteiger partial charge in [0.05, 0.1) is 60.0 Å². The first-order valence-electron chi connectivity index (χ1n) is 24.8. The van der Waals surface area contributed by atoms with E-state index in [1.54, 1.807) is 12.4 Å². The van der Waals surface area contributed by atoms with E-state index in [2.05, 4.69) is 23.1 Å². The van der Waals surface area contributed by atoms with Gasteiger partial charge in [-0.2, -0.15) is 0 Å². The van der Waals surface area contributed by atoms with Crippen LogP contribution in [0.5, 0.6) is 0 Å². The van der Waals surface area contributed by atoms with Gasteiger partial charge in [0.25, 0.3) is 11.8 Å². The number of methoxy groups -OCH3 is 2. The number of nitrogens with zero attached hydrogens (tertiary/aromatic N) is 4.